The number of aromatic nitrogens is 3. The van der Waals surface area contributed by atoms with Gasteiger partial charge in [-0.25, -0.2) is 9.67 Å². The quantitative estimate of drug-likeness (QED) is 0.824. The predicted octanol–water partition coefficient (Wildman–Crippen LogP) is 0.650. The molecule has 1 aliphatic carbocycles. The van der Waals surface area contributed by atoms with E-state index in [-0.39, 0.29) is 5.91 Å². The predicted molar refractivity (Wildman–Crippen MR) is 65.8 cm³/mol. The van der Waals surface area contributed by atoms with Crippen molar-refractivity contribution in [3.05, 3.63) is 12.7 Å². The molecule has 0 bridgehead atoms. The Morgan fingerprint density at radius 1 is 1.50 bits per heavy atom. The lowest BCUT2D eigenvalue weighted by Crippen LogP contribution is -2.45. The zero-order valence-electron chi connectivity index (χ0n) is 10.7. The van der Waals surface area contributed by atoms with Gasteiger partial charge in [-0.15, -0.1) is 0 Å². The van der Waals surface area contributed by atoms with Crippen molar-refractivity contribution < 1.29 is 9.90 Å². The highest BCUT2D eigenvalue weighted by Crippen LogP contribution is 2.27. The number of nitrogens with one attached hydrogen (secondary N) is 1. The summed E-state index contributed by atoms with van der Waals surface area (Å²) in [4.78, 5) is 15.7. The van der Waals surface area contributed by atoms with Gasteiger partial charge in [-0.05, 0) is 19.8 Å². The average molecular weight is 252 g/mol. The van der Waals surface area contributed by atoms with Gasteiger partial charge in [0.1, 0.15) is 18.7 Å². The summed E-state index contributed by atoms with van der Waals surface area (Å²) in [6.45, 7) is 2.08. The molecule has 6 heteroatoms. The molecule has 1 aromatic rings. The third kappa shape index (κ3) is 3.07. The minimum atomic E-state index is -0.726. The number of rotatable bonds is 4. The normalized spacial score (nSPS) is 20.3. The second kappa shape index (κ2) is 5.48. The molecule has 1 aromatic heterocycles. The van der Waals surface area contributed by atoms with Crippen molar-refractivity contribution in [1.82, 2.24) is 20.1 Å². The third-order valence-corrected chi connectivity index (χ3v) is 3.59. The summed E-state index contributed by atoms with van der Waals surface area (Å²) in [5.74, 6) is -0.139. The Labute approximate surface area is 106 Å². The summed E-state index contributed by atoms with van der Waals surface area (Å²) in [5.41, 5.74) is -0.726. The Kier molecular flexibility index (Phi) is 3.96. The van der Waals surface area contributed by atoms with Gasteiger partial charge in [0.15, 0.2) is 0 Å². The van der Waals surface area contributed by atoms with E-state index >= 15 is 0 Å². The maximum Gasteiger partial charge on any atom is 0.244 e. The molecule has 1 heterocycles. The fourth-order valence-corrected chi connectivity index (χ4v) is 2.32. The molecule has 6 nitrogen and oxygen atoms in total. The Balaban J connectivity index is 1.84. The van der Waals surface area contributed by atoms with Crippen LogP contribution >= 0.6 is 0 Å². The average Bonchev–Trinajstić information content (AvgIpc) is 2.90. The summed E-state index contributed by atoms with van der Waals surface area (Å²) in [6.07, 6.45) is 7.69. The number of hydrogen-bond acceptors (Lipinski definition) is 4. The molecule has 2 N–H and O–H groups in total. The highest BCUT2D eigenvalue weighted by atomic mass is 16.3. The van der Waals surface area contributed by atoms with Crippen molar-refractivity contribution in [3.8, 4) is 0 Å². The summed E-state index contributed by atoms with van der Waals surface area (Å²) in [5, 5.41) is 17.0. The first-order valence-corrected chi connectivity index (χ1v) is 6.45. The Morgan fingerprint density at radius 3 is 2.83 bits per heavy atom. The van der Waals surface area contributed by atoms with Crippen LogP contribution in [0.15, 0.2) is 12.7 Å². The van der Waals surface area contributed by atoms with Gasteiger partial charge in [0.05, 0.1) is 5.60 Å². The molecular weight excluding hydrogens is 232 g/mol. The lowest BCUT2D eigenvalue weighted by Gasteiger charge is -2.32. The second-order valence-corrected chi connectivity index (χ2v) is 5.05. The molecular formula is C12H20N4O2. The Hall–Kier alpha value is -1.43. The highest BCUT2D eigenvalue weighted by molar-refractivity contribution is 5.79. The second-order valence-electron chi connectivity index (χ2n) is 5.05. The van der Waals surface area contributed by atoms with Crippen molar-refractivity contribution in [2.24, 2.45) is 0 Å². The van der Waals surface area contributed by atoms with E-state index in [1.165, 1.54) is 23.8 Å². The van der Waals surface area contributed by atoms with Crippen LogP contribution in [0.4, 0.5) is 0 Å². The number of carbonyl (C=O) groups is 1. The van der Waals surface area contributed by atoms with E-state index < -0.39 is 11.6 Å². The van der Waals surface area contributed by atoms with Crippen molar-refractivity contribution in [2.75, 3.05) is 6.54 Å². The number of aliphatic hydroxyl groups is 1. The van der Waals surface area contributed by atoms with Crippen molar-refractivity contribution in [3.63, 3.8) is 0 Å². The minimum absolute atomic E-state index is 0.139. The van der Waals surface area contributed by atoms with Crippen molar-refractivity contribution >= 4 is 5.91 Å². The fraction of sp³-hybridized carbons (Fsp3) is 0.750. The van der Waals surface area contributed by atoms with Crippen LogP contribution in [-0.4, -0.2) is 37.9 Å². The van der Waals surface area contributed by atoms with Gasteiger partial charge in [0.2, 0.25) is 5.91 Å². The van der Waals surface area contributed by atoms with Gasteiger partial charge in [-0.3, -0.25) is 4.79 Å². The van der Waals surface area contributed by atoms with E-state index in [9.17, 15) is 9.90 Å². The number of carbonyl (C=O) groups excluding carboxylic acids is 1. The Morgan fingerprint density at radius 2 is 2.22 bits per heavy atom. The molecule has 2 rings (SSSR count). The summed E-state index contributed by atoms with van der Waals surface area (Å²) < 4.78 is 1.50. The maximum atomic E-state index is 11.9. The molecule has 1 fully saturated rings. The third-order valence-electron chi connectivity index (χ3n) is 3.59. The summed E-state index contributed by atoms with van der Waals surface area (Å²) in [7, 11) is 0. The van der Waals surface area contributed by atoms with Crippen LogP contribution in [0.25, 0.3) is 0 Å². The van der Waals surface area contributed by atoms with Crippen LogP contribution in [0.3, 0.4) is 0 Å². The van der Waals surface area contributed by atoms with Gasteiger partial charge in [0, 0.05) is 6.54 Å². The molecule has 100 valence electrons. The minimum Gasteiger partial charge on any atom is -0.388 e. The van der Waals surface area contributed by atoms with E-state index in [2.05, 4.69) is 15.4 Å². The molecule has 1 unspecified atom stereocenters. The van der Waals surface area contributed by atoms with Crippen LogP contribution in [-0.2, 0) is 4.79 Å². The van der Waals surface area contributed by atoms with Crippen molar-refractivity contribution in [1.29, 1.82) is 0 Å². The van der Waals surface area contributed by atoms with E-state index in [0.717, 1.165) is 25.7 Å². The molecule has 18 heavy (non-hydrogen) atoms. The smallest absolute Gasteiger partial charge is 0.244 e. The fourth-order valence-electron chi connectivity index (χ4n) is 2.32. The zero-order chi connectivity index (χ0) is 13.0. The first-order chi connectivity index (χ1) is 8.61. The van der Waals surface area contributed by atoms with E-state index in [1.807, 2.05) is 0 Å². The van der Waals surface area contributed by atoms with Crippen LogP contribution in [0, 0.1) is 0 Å². The molecule has 0 saturated heterocycles. The standard InChI is InChI=1S/C12H20N4O2/c1-10(16-9-13-8-15-16)11(17)14-7-12(18)5-3-2-4-6-12/h8-10,18H,2-7H2,1H3,(H,14,17). The first kappa shape index (κ1) is 13.0. The van der Waals surface area contributed by atoms with E-state index in [1.54, 1.807) is 6.92 Å². The molecule has 0 aliphatic heterocycles. The molecule has 0 aromatic carbocycles. The van der Waals surface area contributed by atoms with E-state index in [4.69, 9.17) is 0 Å². The lowest BCUT2D eigenvalue weighted by molar-refractivity contribution is -0.125. The first-order valence-electron chi connectivity index (χ1n) is 6.45. The van der Waals surface area contributed by atoms with Crippen LogP contribution in [0.5, 0.6) is 0 Å². The SMILES string of the molecule is CC(C(=O)NCC1(O)CCCCC1)n1cncn1. The van der Waals surface area contributed by atoms with Gasteiger partial charge >= 0.3 is 0 Å². The van der Waals surface area contributed by atoms with Crippen LogP contribution < -0.4 is 5.32 Å². The molecule has 0 radical (unpaired) electrons. The Bertz CT molecular complexity index is 385. The topological polar surface area (TPSA) is 80.0 Å². The monoisotopic (exact) mass is 252 g/mol. The van der Waals surface area contributed by atoms with Gasteiger partial charge in [-0.1, -0.05) is 19.3 Å². The molecule has 1 amide bonds. The number of hydrogen-bond donors (Lipinski definition) is 2. The largest absolute Gasteiger partial charge is 0.388 e. The number of nitrogens with zero attached hydrogens (tertiary/aromatic N) is 3. The van der Waals surface area contributed by atoms with Crippen molar-refractivity contribution in [2.45, 2.75) is 50.7 Å². The summed E-state index contributed by atoms with van der Waals surface area (Å²) in [6, 6.07) is -0.403. The van der Waals surface area contributed by atoms with E-state index in [0.29, 0.717) is 6.54 Å². The zero-order valence-corrected chi connectivity index (χ0v) is 10.7. The molecule has 1 aliphatic rings. The van der Waals surface area contributed by atoms with Gasteiger partial charge < -0.3 is 10.4 Å². The van der Waals surface area contributed by atoms with Gasteiger partial charge in [-0.2, -0.15) is 5.10 Å². The molecule has 1 saturated carbocycles. The van der Waals surface area contributed by atoms with Crippen LogP contribution in [0.2, 0.25) is 0 Å². The maximum absolute atomic E-state index is 11.9. The molecule has 0 spiro atoms. The number of amides is 1. The lowest BCUT2D eigenvalue weighted by atomic mass is 9.85. The summed E-state index contributed by atoms with van der Waals surface area (Å²) >= 11 is 0. The highest BCUT2D eigenvalue weighted by Gasteiger charge is 2.30. The molecule has 1 atom stereocenters. The van der Waals surface area contributed by atoms with Gasteiger partial charge in [0.25, 0.3) is 0 Å². The van der Waals surface area contributed by atoms with Crippen LogP contribution in [0.1, 0.15) is 45.1 Å².